The SMILES string of the molecule is CCn1c(SCc2noc(C)n2)nnc1-c1ccccc1C. The molecule has 0 radical (unpaired) electrons. The summed E-state index contributed by atoms with van der Waals surface area (Å²) in [5, 5.41) is 13.4. The Morgan fingerprint density at radius 1 is 1.18 bits per heavy atom. The molecular formula is C15H17N5OS. The first kappa shape index (κ1) is 14.8. The molecular weight excluding hydrogens is 298 g/mol. The van der Waals surface area contributed by atoms with Crippen LogP contribution in [0.25, 0.3) is 11.4 Å². The first-order chi connectivity index (χ1) is 10.7. The van der Waals surface area contributed by atoms with Crippen LogP contribution in [0.5, 0.6) is 0 Å². The molecule has 0 fully saturated rings. The van der Waals surface area contributed by atoms with Crippen molar-refractivity contribution in [3.05, 3.63) is 41.5 Å². The van der Waals surface area contributed by atoms with Crippen LogP contribution >= 0.6 is 11.8 Å². The molecule has 0 unspecified atom stereocenters. The molecule has 0 saturated carbocycles. The Morgan fingerprint density at radius 2 is 2.00 bits per heavy atom. The highest BCUT2D eigenvalue weighted by Gasteiger charge is 2.15. The molecule has 6 nitrogen and oxygen atoms in total. The van der Waals surface area contributed by atoms with Crippen molar-refractivity contribution in [1.82, 2.24) is 24.9 Å². The first-order valence-electron chi connectivity index (χ1n) is 7.10. The Morgan fingerprint density at radius 3 is 2.68 bits per heavy atom. The van der Waals surface area contributed by atoms with Gasteiger partial charge in [0.2, 0.25) is 5.89 Å². The summed E-state index contributed by atoms with van der Waals surface area (Å²) in [5.74, 6) is 2.76. The quantitative estimate of drug-likeness (QED) is 0.673. The van der Waals surface area contributed by atoms with Gasteiger partial charge in [-0.25, -0.2) is 0 Å². The molecule has 2 aromatic heterocycles. The largest absolute Gasteiger partial charge is 0.340 e. The van der Waals surface area contributed by atoms with Crippen LogP contribution in [0.15, 0.2) is 33.9 Å². The van der Waals surface area contributed by atoms with Gasteiger partial charge in [-0.05, 0) is 19.4 Å². The average Bonchev–Trinajstić information content (AvgIpc) is 3.11. The molecule has 0 aliphatic heterocycles. The molecule has 0 aliphatic rings. The van der Waals surface area contributed by atoms with Crippen molar-refractivity contribution in [1.29, 1.82) is 0 Å². The molecule has 3 rings (SSSR count). The number of benzene rings is 1. The van der Waals surface area contributed by atoms with Crippen molar-refractivity contribution in [3.8, 4) is 11.4 Å². The summed E-state index contributed by atoms with van der Waals surface area (Å²) >= 11 is 1.56. The summed E-state index contributed by atoms with van der Waals surface area (Å²) in [6.07, 6.45) is 0. The molecule has 2 heterocycles. The highest BCUT2D eigenvalue weighted by molar-refractivity contribution is 7.98. The van der Waals surface area contributed by atoms with Gasteiger partial charge in [0.05, 0.1) is 5.75 Å². The normalized spacial score (nSPS) is 11.0. The molecule has 0 amide bonds. The van der Waals surface area contributed by atoms with E-state index in [-0.39, 0.29) is 0 Å². The van der Waals surface area contributed by atoms with Gasteiger partial charge >= 0.3 is 0 Å². The second-order valence-corrected chi connectivity index (χ2v) is 5.83. The van der Waals surface area contributed by atoms with Crippen molar-refractivity contribution in [2.75, 3.05) is 0 Å². The van der Waals surface area contributed by atoms with E-state index >= 15 is 0 Å². The predicted molar refractivity (Wildman–Crippen MR) is 84.5 cm³/mol. The zero-order chi connectivity index (χ0) is 15.5. The first-order valence-corrected chi connectivity index (χ1v) is 8.08. The van der Waals surface area contributed by atoms with E-state index in [1.165, 1.54) is 5.56 Å². The van der Waals surface area contributed by atoms with Gasteiger partial charge in [0.15, 0.2) is 16.8 Å². The van der Waals surface area contributed by atoms with E-state index in [1.807, 2.05) is 12.1 Å². The minimum absolute atomic E-state index is 0.577. The van der Waals surface area contributed by atoms with Gasteiger partial charge in [-0.3, -0.25) is 0 Å². The maximum absolute atomic E-state index is 4.98. The predicted octanol–water partition coefficient (Wildman–Crippen LogP) is 3.26. The maximum atomic E-state index is 4.98. The fraction of sp³-hybridized carbons (Fsp3) is 0.333. The molecule has 22 heavy (non-hydrogen) atoms. The van der Waals surface area contributed by atoms with Crippen LogP contribution in [0.4, 0.5) is 0 Å². The second kappa shape index (κ2) is 6.31. The van der Waals surface area contributed by atoms with E-state index in [0.717, 1.165) is 23.1 Å². The van der Waals surface area contributed by atoms with E-state index in [9.17, 15) is 0 Å². The highest BCUT2D eigenvalue weighted by atomic mass is 32.2. The molecule has 0 bridgehead atoms. The summed E-state index contributed by atoms with van der Waals surface area (Å²) in [4.78, 5) is 4.20. The molecule has 0 spiro atoms. The number of rotatable bonds is 5. The van der Waals surface area contributed by atoms with Crippen LogP contribution in [0.3, 0.4) is 0 Å². The van der Waals surface area contributed by atoms with Gasteiger partial charge in [0, 0.05) is 19.0 Å². The standard InChI is InChI=1S/C15H17N5OS/c1-4-20-14(12-8-6-5-7-10(12)2)17-18-15(20)22-9-13-16-11(3)21-19-13/h5-8H,4,9H2,1-3H3. The number of hydrogen-bond donors (Lipinski definition) is 0. The molecule has 3 aromatic rings. The summed E-state index contributed by atoms with van der Waals surface area (Å²) in [6.45, 7) is 6.77. The number of nitrogens with zero attached hydrogens (tertiary/aromatic N) is 5. The fourth-order valence-electron chi connectivity index (χ4n) is 2.23. The van der Waals surface area contributed by atoms with Gasteiger partial charge in [-0.2, -0.15) is 4.98 Å². The van der Waals surface area contributed by atoms with Crippen LogP contribution in [-0.4, -0.2) is 24.9 Å². The maximum Gasteiger partial charge on any atom is 0.223 e. The third-order valence-corrected chi connectivity index (χ3v) is 4.28. The molecule has 0 atom stereocenters. The molecule has 0 aliphatic carbocycles. The Labute approximate surface area is 133 Å². The van der Waals surface area contributed by atoms with E-state index in [2.05, 4.69) is 50.9 Å². The lowest BCUT2D eigenvalue weighted by Crippen LogP contribution is -2.01. The van der Waals surface area contributed by atoms with Gasteiger partial charge < -0.3 is 9.09 Å². The number of aromatic nitrogens is 5. The number of hydrogen-bond acceptors (Lipinski definition) is 6. The summed E-state index contributed by atoms with van der Waals surface area (Å²) in [6, 6.07) is 8.20. The van der Waals surface area contributed by atoms with Crippen LogP contribution in [0.2, 0.25) is 0 Å². The Balaban J connectivity index is 1.86. The molecule has 114 valence electrons. The molecule has 1 aromatic carbocycles. The van der Waals surface area contributed by atoms with Crippen LogP contribution in [0, 0.1) is 13.8 Å². The van der Waals surface area contributed by atoms with E-state index in [0.29, 0.717) is 17.5 Å². The van der Waals surface area contributed by atoms with Crippen LogP contribution < -0.4 is 0 Å². The smallest absolute Gasteiger partial charge is 0.223 e. The fourth-order valence-corrected chi connectivity index (χ4v) is 3.08. The van der Waals surface area contributed by atoms with E-state index in [1.54, 1.807) is 18.7 Å². The summed E-state index contributed by atoms with van der Waals surface area (Å²) < 4.78 is 7.09. The van der Waals surface area contributed by atoms with Crippen molar-refractivity contribution in [2.24, 2.45) is 0 Å². The third-order valence-electron chi connectivity index (χ3n) is 3.32. The van der Waals surface area contributed by atoms with Crippen molar-refractivity contribution in [3.63, 3.8) is 0 Å². The summed E-state index contributed by atoms with van der Waals surface area (Å²) in [5.41, 5.74) is 2.30. The Hall–Kier alpha value is -2.15. The Kier molecular flexibility index (Phi) is 4.24. The topological polar surface area (TPSA) is 69.6 Å². The van der Waals surface area contributed by atoms with Crippen LogP contribution in [-0.2, 0) is 12.3 Å². The van der Waals surface area contributed by atoms with Crippen molar-refractivity contribution >= 4 is 11.8 Å². The van der Waals surface area contributed by atoms with Gasteiger partial charge in [0.1, 0.15) is 0 Å². The molecule has 0 saturated heterocycles. The lowest BCUT2D eigenvalue weighted by molar-refractivity contribution is 0.389. The minimum atomic E-state index is 0.577. The zero-order valence-corrected chi connectivity index (χ0v) is 13.6. The number of thioether (sulfide) groups is 1. The highest BCUT2D eigenvalue weighted by Crippen LogP contribution is 2.27. The lowest BCUT2D eigenvalue weighted by atomic mass is 10.1. The second-order valence-electron chi connectivity index (χ2n) is 4.88. The Bertz CT molecular complexity index is 780. The van der Waals surface area contributed by atoms with Gasteiger partial charge in [-0.15, -0.1) is 10.2 Å². The van der Waals surface area contributed by atoms with Crippen LogP contribution in [0.1, 0.15) is 24.2 Å². The zero-order valence-electron chi connectivity index (χ0n) is 12.8. The lowest BCUT2D eigenvalue weighted by Gasteiger charge is -2.08. The summed E-state index contributed by atoms with van der Waals surface area (Å²) in [7, 11) is 0. The monoisotopic (exact) mass is 315 g/mol. The van der Waals surface area contributed by atoms with Gasteiger partial charge in [0.25, 0.3) is 0 Å². The van der Waals surface area contributed by atoms with Gasteiger partial charge in [-0.1, -0.05) is 41.2 Å². The molecule has 7 heteroatoms. The van der Waals surface area contributed by atoms with E-state index < -0.39 is 0 Å². The van der Waals surface area contributed by atoms with Crippen molar-refractivity contribution in [2.45, 2.75) is 38.2 Å². The number of aryl methyl sites for hydroxylation is 2. The third kappa shape index (κ3) is 2.89. The average molecular weight is 315 g/mol. The van der Waals surface area contributed by atoms with Crippen molar-refractivity contribution < 1.29 is 4.52 Å². The minimum Gasteiger partial charge on any atom is -0.340 e. The molecule has 0 N–H and O–H groups in total. The van der Waals surface area contributed by atoms with E-state index in [4.69, 9.17) is 4.52 Å².